The highest BCUT2D eigenvalue weighted by Gasteiger charge is 2.40. The average molecular weight is 314 g/mol. The second kappa shape index (κ2) is 6.86. The number of rotatable bonds is 4. The van der Waals surface area contributed by atoms with Gasteiger partial charge in [0.2, 0.25) is 0 Å². The van der Waals surface area contributed by atoms with Crippen LogP contribution in [0.3, 0.4) is 0 Å². The molecule has 1 heterocycles. The largest absolute Gasteiger partial charge is 0.481 e. The molecule has 0 bridgehead atoms. The smallest absolute Gasteiger partial charge is 0.410 e. The van der Waals surface area contributed by atoms with E-state index in [0.29, 0.717) is 13.0 Å². The van der Waals surface area contributed by atoms with Gasteiger partial charge >= 0.3 is 12.1 Å². The van der Waals surface area contributed by atoms with E-state index in [1.807, 2.05) is 20.8 Å². The molecule has 1 fully saturated rings. The Morgan fingerprint density at radius 3 is 2.50 bits per heavy atom. The fourth-order valence-electron chi connectivity index (χ4n) is 2.80. The zero-order chi connectivity index (χ0) is 17.1. The van der Waals surface area contributed by atoms with Crippen LogP contribution in [0.15, 0.2) is 0 Å². The normalized spacial score (nSPS) is 23.0. The molecule has 1 aliphatic heterocycles. The van der Waals surface area contributed by atoms with Gasteiger partial charge in [0.15, 0.2) is 0 Å². The first-order valence-electron chi connectivity index (χ1n) is 7.88. The van der Waals surface area contributed by atoms with Gasteiger partial charge < -0.3 is 20.5 Å². The van der Waals surface area contributed by atoms with Crippen LogP contribution >= 0.6 is 0 Å². The molecule has 0 saturated carbocycles. The fraction of sp³-hybridized carbons (Fsp3) is 0.875. The number of nitrogens with two attached hydrogens (primary N) is 1. The molecule has 1 saturated heterocycles. The Morgan fingerprint density at radius 2 is 2.00 bits per heavy atom. The van der Waals surface area contributed by atoms with Crippen molar-refractivity contribution in [3.05, 3.63) is 0 Å². The summed E-state index contributed by atoms with van der Waals surface area (Å²) < 4.78 is 5.49. The first-order valence-corrected chi connectivity index (χ1v) is 7.88. The molecule has 0 aliphatic carbocycles. The molecule has 2 atom stereocenters. The van der Waals surface area contributed by atoms with Gasteiger partial charge in [-0.05, 0) is 45.4 Å². The van der Waals surface area contributed by atoms with Gasteiger partial charge in [0.25, 0.3) is 0 Å². The quantitative estimate of drug-likeness (QED) is 0.832. The molecule has 1 rings (SSSR count). The molecule has 0 spiro atoms. The van der Waals surface area contributed by atoms with Gasteiger partial charge in [0, 0.05) is 19.0 Å². The van der Waals surface area contributed by atoms with Crippen LogP contribution in [0.5, 0.6) is 0 Å². The molecule has 1 aliphatic rings. The Balaban J connectivity index is 2.83. The van der Waals surface area contributed by atoms with Crippen molar-refractivity contribution in [3.63, 3.8) is 0 Å². The van der Waals surface area contributed by atoms with Crippen LogP contribution in [-0.4, -0.2) is 46.3 Å². The van der Waals surface area contributed by atoms with E-state index in [1.165, 1.54) is 0 Å². The van der Waals surface area contributed by atoms with Gasteiger partial charge in [0.05, 0.1) is 6.04 Å². The van der Waals surface area contributed by atoms with Gasteiger partial charge in [-0.3, -0.25) is 4.79 Å². The Bertz CT molecular complexity index is 415. The molecule has 6 heteroatoms. The molecule has 128 valence electrons. The number of amides is 1. The Hall–Kier alpha value is -1.30. The van der Waals surface area contributed by atoms with E-state index < -0.39 is 11.6 Å². The zero-order valence-electron chi connectivity index (χ0n) is 14.4. The number of piperidine rings is 1. The molecule has 6 nitrogen and oxygen atoms in total. The van der Waals surface area contributed by atoms with Crippen molar-refractivity contribution in [2.75, 3.05) is 6.54 Å². The van der Waals surface area contributed by atoms with Crippen LogP contribution < -0.4 is 5.73 Å². The maximum absolute atomic E-state index is 12.5. The second-order valence-corrected chi connectivity index (χ2v) is 7.97. The molecule has 0 radical (unpaired) electrons. The second-order valence-electron chi connectivity index (χ2n) is 7.97. The Morgan fingerprint density at radius 1 is 1.41 bits per heavy atom. The van der Waals surface area contributed by atoms with E-state index >= 15 is 0 Å². The first-order chi connectivity index (χ1) is 9.91. The van der Waals surface area contributed by atoms with Crippen LogP contribution in [0.2, 0.25) is 0 Å². The number of carboxylic acids is 1. The average Bonchev–Trinajstić information content (AvgIpc) is 2.32. The highest BCUT2D eigenvalue weighted by molar-refractivity contribution is 5.69. The molecular weight excluding hydrogens is 284 g/mol. The van der Waals surface area contributed by atoms with Gasteiger partial charge in [-0.25, -0.2) is 4.79 Å². The van der Waals surface area contributed by atoms with E-state index in [9.17, 15) is 9.59 Å². The highest BCUT2D eigenvalue weighted by atomic mass is 16.6. The Labute approximate surface area is 133 Å². The van der Waals surface area contributed by atoms with E-state index in [0.717, 1.165) is 12.8 Å². The van der Waals surface area contributed by atoms with Crippen LogP contribution in [0.25, 0.3) is 0 Å². The predicted octanol–water partition coefficient (Wildman–Crippen LogP) is 2.60. The number of carbonyl (C=O) groups excluding carboxylic acids is 1. The third kappa shape index (κ3) is 5.83. The van der Waals surface area contributed by atoms with Crippen molar-refractivity contribution in [1.82, 2.24) is 4.90 Å². The van der Waals surface area contributed by atoms with Crippen LogP contribution in [-0.2, 0) is 9.53 Å². The maximum atomic E-state index is 12.5. The number of ether oxygens (including phenoxy) is 1. The molecule has 1 amide bonds. The minimum Gasteiger partial charge on any atom is -0.481 e. The van der Waals surface area contributed by atoms with Gasteiger partial charge in [-0.2, -0.15) is 0 Å². The molecular formula is C16H30N2O4. The number of aliphatic carboxylic acids is 1. The third-order valence-corrected chi connectivity index (χ3v) is 3.93. The molecule has 0 aromatic heterocycles. The first kappa shape index (κ1) is 18.7. The van der Waals surface area contributed by atoms with E-state index in [4.69, 9.17) is 15.6 Å². The highest BCUT2D eigenvalue weighted by Crippen LogP contribution is 2.34. The summed E-state index contributed by atoms with van der Waals surface area (Å²) in [5.74, 6) is -0.865. The van der Waals surface area contributed by atoms with Crippen LogP contribution in [0.4, 0.5) is 4.79 Å². The minimum atomic E-state index is -0.865. The lowest BCUT2D eigenvalue weighted by Crippen LogP contribution is -2.57. The molecule has 3 N–H and O–H groups in total. The van der Waals surface area contributed by atoms with E-state index in [1.54, 1.807) is 4.90 Å². The van der Waals surface area contributed by atoms with Crippen molar-refractivity contribution < 1.29 is 19.4 Å². The lowest BCUT2D eigenvalue weighted by Gasteiger charge is -2.45. The fourth-order valence-corrected chi connectivity index (χ4v) is 2.80. The maximum Gasteiger partial charge on any atom is 0.410 e. The van der Waals surface area contributed by atoms with E-state index in [2.05, 4.69) is 13.8 Å². The summed E-state index contributed by atoms with van der Waals surface area (Å²) in [6.07, 6.45) is 1.74. The summed E-state index contributed by atoms with van der Waals surface area (Å²) in [5, 5.41) is 8.81. The van der Waals surface area contributed by atoms with Crippen molar-refractivity contribution in [3.8, 4) is 0 Å². The van der Waals surface area contributed by atoms with Gasteiger partial charge in [0.1, 0.15) is 5.60 Å². The SMILES string of the molecule is CC1(C)CCC(C(N)CCC(=O)O)N(C(=O)OC(C)(C)C)C1. The summed E-state index contributed by atoms with van der Waals surface area (Å²) in [6, 6.07) is -0.512. The van der Waals surface area contributed by atoms with Crippen LogP contribution in [0.1, 0.15) is 60.3 Å². The summed E-state index contributed by atoms with van der Waals surface area (Å²) in [4.78, 5) is 24.9. The van der Waals surface area contributed by atoms with Crippen molar-refractivity contribution >= 4 is 12.1 Å². The number of likely N-dealkylation sites (tertiary alicyclic amines) is 1. The molecule has 0 aromatic carbocycles. The zero-order valence-corrected chi connectivity index (χ0v) is 14.4. The topological polar surface area (TPSA) is 92.9 Å². The van der Waals surface area contributed by atoms with Gasteiger partial charge in [-0.15, -0.1) is 0 Å². The monoisotopic (exact) mass is 314 g/mol. The lowest BCUT2D eigenvalue weighted by atomic mass is 9.79. The summed E-state index contributed by atoms with van der Waals surface area (Å²) in [6.45, 7) is 10.3. The predicted molar refractivity (Wildman–Crippen MR) is 84.6 cm³/mol. The minimum absolute atomic E-state index is 0.0138. The third-order valence-electron chi connectivity index (χ3n) is 3.93. The van der Waals surface area contributed by atoms with Gasteiger partial charge in [-0.1, -0.05) is 13.8 Å². The number of hydrogen-bond donors (Lipinski definition) is 2. The summed E-state index contributed by atoms with van der Waals surface area (Å²) >= 11 is 0. The number of nitrogens with zero attached hydrogens (tertiary/aromatic N) is 1. The van der Waals surface area contributed by atoms with Crippen molar-refractivity contribution in [2.24, 2.45) is 11.1 Å². The lowest BCUT2D eigenvalue weighted by molar-refractivity contribution is -0.137. The molecule has 2 unspecified atom stereocenters. The Kier molecular flexibility index (Phi) is 5.84. The number of carbonyl (C=O) groups is 2. The molecule has 22 heavy (non-hydrogen) atoms. The van der Waals surface area contributed by atoms with Crippen molar-refractivity contribution in [2.45, 2.75) is 78.0 Å². The van der Waals surface area contributed by atoms with Crippen molar-refractivity contribution in [1.29, 1.82) is 0 Å². The van der Waals surface area contributed by atoms with E-state index in [-0.39, 0.29) is 30.0 Å². The molecule has 0 aromatic rings. The number of hydrogen-bond acceptors (Lipinski definition) is 4. The number of carboxylic acid groups (broad SMARTS) is 1. The summed E-state index contributed by atoms with van der Waals surface area (Å²) in [5.41, 5.74) is 5.62. The standard InChI is InChI=1S/C16H30N2O4/c1-15(2,3)22-14(21)18-10-16(4,5)9-8-12(18)11(17)6-7-13(19)20/h11-12H,6-10,17H2,1-5H3,(H,19,20). The summed E-state index contributed by atoms with van der Waals surface area (Å²) in [7, 11) is 0. The van der Waals surface area contributed by atoms with Crippen LogP contribution in [0, 0.1) is 5.41 Å².